The Morgan fingerprint density at radius 2 is 1.86 bits per heavy atom. The lowest BCUT2D eigenvalue weighted by Crippen LogP contribution is -2.38. The van der Waals surface area contributed by atoms with Crippen molar-refractivity contribution in [1.82, 2.24) is 10.6 Å². The minimum absolute atomic E-state index is 0.0790. The fraction of sp³-hybridized carbons (Fsp3) is 0.833. The first kappa shape index (κ1) is 17.7. The van der Waals surface area contributed by atoms with Crippen molar-refractivity contribution >= 4 is 22.1 Å². The molecule has 0 aromatic rings. The largest absolute Gasteiger partial charge is 0.469 e. The van der Waals surface area contributed by atoms with Gasteiger partial charge in [0.2, 0.25) is 0 Å². The summed E-state index contributed by atoms with van der Waals surface area (Å²) in [5.41, 5.74) is 0. The molecule has 122 valence electrons. The maximum absolute atomic E-state index is 11.3. The third-order valence-corrected chi connectivity index (χ3v) is 3.77. The lowest BCUT2D eigenvalue weighted by molar-refractivity contribution is -0.140. The van der Waals surface area contributed by atoms with Gasteiger partial charge in [-0.1, -0.05) is 12.8 Å². The van der Waals surface area contributed by atoms with E-state index in [9.17, 15) is 18.0 Å². The van der Waals surface area contributed by atoms with Crippen LogP contribution in [-0.4, -0.2) is 52.5 Å². The summed E-state index contributed by atoms with van der Waals surface area (Å²) in [6, 6.07) is -0.859. The summed E-state index contributed by atoms with van der Waals surface area (Å²) < 4.78 is 31.2. The molecule has 2 N–H and O–H groups in total. The lowest BCUT2D eigenvalue weighted by atomic mass is 10.0. The average molecular weight is 322 g/mol. The van der Waals surface area contributed by atoms with E-state index >= 15 is 0 Å². The van der Waals surface area contributed by atoms with Gasteiger partial charge in [-0.3, -0.25) is 8.98 Å². The Morgan fingerprint density at radius 3 is 2.48 bits per heavy atom. The molecule has 21 heavy (non-hydrogen) atoms. The van der Waals surface area contributed by atoms with E-state index in [1.54, 1.807) is 0 Å². The van der Waals surface area contributed by atoms with Crippen molar-refractivity contribution in [3.8, 4) is 0 Å². The van der Waals surface area contributed by atoms with E-state index in [0.717, 1.165) is 25.5 Å². The van der Waals surface area contributed by atoms with Crippen LogP contribution in [0.4, 0.5) is 4.79 Å². The second-order valence-electron chi connectivity index (χ2n) is 4.99. The van der Waals surface area contributed by atoms with Gasteiger partial charge in [0.25, 0.3) is 10.1 Å². The molecular weight excluding hydrogens is 300 g/mol. The molecule has 1 saturated heterocycles. The molecule has 1 aliphatic heterocycles. The molecule has 0 saturated carbocycles. The van der Waals surface area contributed by atoms with Gasteiger partial charge >= 0.3 is 12.0 Å². The van der Waals surface area contributed by atoms with Crippen LogP contribution in [0, 0.1) is 0 Å². The molecule has 0 aliphatic carbocycles. The molecule has 0 bridgehead atoms. The van der Waals surface area contributed by atoms with E-state index in [2.05, 4.69) is 15.4 Å². The van der Waals surface area contributed by atoms with Gasteiger partial charge in [0.1, 0.15) is 0 Å². The summed E-state index contributed by atoms with van der Waals surface area (Å²) in [7, 11) is -2.17. The molecule has 1 fully saturated rings. The first-order chi connectivity index (χ1) is 9.81. The van der Waals surface area contributed by atoms with E-state index in [1.165, 1.54) is 7.11 Å². The van der Waals surface area contributed by atoms with Crippen molar-refractivity contribution in [3.63, 3.8) is 0 Å². The van der Waals surface area contributed by atoms with Crippen LogP contribution in [0.1, 0.15) is 32.1 Å². The van der Waals surface area contributed by atoms with E-state index in [4.69, 9.17) is 4.18 Å². The van der Waals surface area contributed by atoms with Crippen LogP contribution in [0.5, 0.6) is 0 Å². The van der Waals surface area contributed by atoms with Crippen LogP contribution >= 0.6 is 0 Å². The first-order valence-electron chi connectivity index (χ1n) is 6.80. The normalized spacial score (nSPS) is 21.7. The molecule has 0 aromatic carbocycles. The number of rotatable bonds is 9. The Balaban J connectivity index is 2.28. The lowest BCUT2D eigenvalue weighted by Gasteiger charge is -2.17. The van der Waals surface area contributed by atoms with Gasteiger partial charge in [-0.15, -0.1) is 0 Å². The van der Waals surface area contributed by atoms with E-state index in [1.807, 2.05) is 0 Å². The van der Waals surface area contributed by atoms with Crippen molar-refractivity contribution < 1.29 is 26.9 Å². The maximum Gasteiger partial charge on any atom is 0.315 e. The monoisotopic (exact) mass is 322 g/mol. The number of hydrogen-bond donors (Lipinski definition) is 2. The number of esters is 1. The van der Waals surface area contributed by atoms with Crippen LogP contribution in [0.3, 0.4) is 0 Å². The first-order valence-corrected chi connectivity index (χ1v) is 8.61. The fourth-order valence-electron chi connectivity index (χ4n) is 2.12. The number of nitrogens with one attached hydrogen (secondary N) is 2. The molecule has 0 aromatic heterocycles. The van der Waals surface area contributed by atoms with Crippen molar-refractivity contribution in [2.24, 2.45) is 0 Å². The van der Waals surface area contributed by atoms with Crippen LogP contribution < -0.4 is 10.6 Å². The van der Waals surface area contributed by atoms with Gasteiger partial charge in [0.05, 0.1) is 32.1 Å². The Bertz CT molecular complexity index is 464. The van der Waals surface area contributed by atoms with Crippen molar-refractivity contribution in [2.45, 2.75) is 44.2 Å². The molecule has 0 spiro atoms. The number of unbranched alkanes of at least 4 members (excludes halogenated alkanes) is 2. The number of amides is 2. The summed E-state index contributed by atoms with van der Waals surface area (Å²) in [5, 5.41) is 5.37. The molecule has 8 nitrogen and oxygen atoms in total. The molecular formula is C12H22N2O6S. The summed E-state index contributed by atoms with van der Waals surface area (Å²) in [5.74, 6) is -0.231. The highest BCUT2D eigenvalue weighted by molar-refractivity contribution is 7.85. The zero-order valence-corrected chi connectivity index (χ0v) is 13.1. The third-order valence-electron chi connectivity index (χ3n) is 3.20. The molecule has 0 radical (unpaired) electrons. The Labute approximate surface area is 124 Å². The standard InChI is InChI=1S/C12H22N2O6S/c1-19-11(15)7-5-3-4-6-9-10(14-12(16)13-9)8-20-21(2,17)18/h9-10H,3-8H2,1-2H3,(H2,13,14,16)/t9-,10+/m1/s1. The SMILES string of the molecule is COC(=O)CCCCC[C@H]1NC(=O)N[C@H]1COS(C)(=O)=O. The maximum atomic E-state index is 11.3. The zero-order chi connectivity index (χ0) is 15.9. The second-order valence-corrected chi connectivity index (χ2v) is 6.64. The van der Waals surface area contributed by atoms with Gasteiger partial charge < -0.3 is 15.4 Å². The molecule has 9 heteroatoms. The molecule has 0 unspecified atom stereocenters. The number of carbonyl (C=O) groups is 2. The predicted molar refractivity (Wildman–Crippen MR) is 75.1 cm³/mol. The van der Waals surface area contributed by atoms with Gasteiger partial charge in [0.15, 0.2) is 0 Å². The Kier molecular flexibility index (Phi) is 6.90. The summed E-state index contributed by atoms with van der Waals surface area (Å²) in [4.78, 5) is 22.3. The molecule has 1 rings (SSSR count). The zero-order valence-electron chi connectivity index (χ0n) is 12.3. The number of ether oxygens (including phenoxy) is 1. The minimum Gasteiger partial charge on any atom is -0.469 e. The third kappa shape index (κ3) is 7.28. The van der Waals surface area contributed by atoms with E-state index < -0.39 is 10.1 Å². The van der Waals surface area contributed by atoms with Crippen molar-refractivity contribution in [1.29, 1.82) is 0 Å². The minimum atomic E-state index is -3.52. The van der Waals surface area contributed by atoms with Crippen LogP contribution in [0.2, 0.25) is 0 Å². The van der Waals surface area contributed by atoms with Crippen molar-refractivity contribution in [3.05, 3.63) is 0 Å². The highest BCUT2D eigenvalue weighted by atomic mass is 32.2. The molecule has 1 heterocycles. The topological polar surface area (TPSA) is 111 Å². The van der Waals surface area contributed by atoms with Crippen molar-refractivity contribution in [2.75, 3.05) is 20.0 Å². The Hall–Kier alpha value is -1.35. The Morgan fingerprint density at radius 1 is 1.19 bits per heavy atom. The highest BCUT2D eigenvalue weighted by Gasteiger charge is 2.31. The van der Waals surface area contributed by atoms with Crippen LogP contribution in [0.25, 0.3) is 0 Å². The number of carbonyl (C=O) groups excluding carboxylic acids is 2. The summed E-state index contributed by atoms with van der Waals surface area (Å²) >= 11 is 0. The fourth-order valence-corrected chi connectivity index (χ4v) is 2.51. The van der Waals surface area contributed by atoms with Crippen LogP contribution in [0.15, 0.2) is 0 Å². The van der Waals surface area contributed by atoms with E-state index in [0.29, 0.717) is 12.8 Å². The molecule has 2 atom stereocenters. The second kappa shape index (κ2) is 8.18. The number of hydrogen-bond acceptors (Lipinski definition) is 6. The molecule has 2 amide bonds. The smallest absolute Gasteiger partial charge is 0.315 e. The van der Waals surface area contributed by atoms with Gasteiger partial charge in [-0.2, -0.15) is 8.42 Å². The summed E-state index contributed by atoms with van der Waals surface area (Å²) in [6.07, 6.45) is 4.43. The predicted octanol–water partition coefficient (Wildman–Crippen LogP) is 0.136. The highest BCUT2D eigenvalue weighted by Crippen LogP contribution is 2.13. The van der Waals surface area contributed by atoms with Gasteiger partial charge in [0, 0.05) is 6.42 Å². The number of methoxy groups -OCH3 is 1. The molecule has 1 aliphatic rings. The van der Waals surface area contributed by atoms with Gasteiger partial charge in [-0.25, -0.2) is 4.79 Å². The average Bonchev–Trinajstić information content (AvgIpc) is 2.75. The van der Waals surface area contributed by atoms with Gasteiger partial charge in [-0.05, 0) is 12.8 Å². The van der Waals surface area contributed by atoms with Crippen LogP contribution in [-0.2, 0) is 23.8 Å². The van der Waals surface area contributed by atoms with E-state index in [-0.39, 0.29) is 30.7 Å². The number of urea groups is 1. The quantitative estimate of drug-likeness (QED) is 0.355. The summed E-state index contributed by atoms with van der Waals surface area (Å²) in [6.45, 7) is -0.0790.